The third-order valence-corrected chi connectivity index (χ3v) is 4.30. The molecule has 0 saturated heterocycles. The van der Waals surface area contributed by atoms with Crippen LogP contribution in [0.15, 0.2) is 30.6 Å². The Hall–Kier alpha value is -2.54. The molecule has 1 aromatic carbocycles. The van der Waals surface area contributed by atoms with E-state index in [1.54, 1.807) is 36.2 Å². The standard InChI is InChI=1S/C18H24N4O3/c1-22-10-12(8-21-22)11-25-16-6-5-14(7-17(16)24-2)18(23)20-9-15(19)13-3-4-13/h5-8,10,13,15H,3-4,9,11,19H2,1-2H3,(H,20,23). The Morgan fingerprint density at radius 1 is 1.44 bits per heavy atom. The van der Waals surface area contributed by atoms with E-state index in [0.717, 1.165) is 18.4 Å². The van der Waals surface area contributed by atoms with Crippen LogP contribution in [-0.2, 0) is 13.7 Å². The monoisotopic (exact) mass is 344 g/mol. The number of amides is 1. The number of nitrogens with zero attached hydrogens (tertiary/aromatic N) is 2. The quantitative estimate of drug-likeness (QED) is 0.757. The van der Waals surface area contributed by atoms with Gasteiger partial charge in [0, 0.05) is 37.0 Å². The number of ether oxygens (including phenoxy) is 2. The van der Waals surface area contributed by atoms with Gasteiger partial charge in [0.15, 0.2) is 11.5 Å². The second-order valence-corrected chi connectivity index (χ2v) is 6.39. The Balaban J connectivity index is 1.60. The highest BCUT2D eigenvalue weighted by atomic mass is 16.5. The lowest BCUT2D eigenvalue weighted by Gasteiger charge is -2.14. The number of aromatic nitrogens is 2. The second kappa shape index (κ2) is 7.57. The molecule has 25 heavy (non-hydrogen) atoms. The third kappa shape index (κ3) is 4.51. The number of nitrogens with one attached hydrogen (secondary N) is 1. The van der Waals surface area contributed by atoms with E-state index in [4.69, 9.17) is 15.2 Å². The molecule has 0 spiro atoms. The van der Waals surface area contributed by atoms with E-state index in [-0.39, 0.29) is 11.9 Å². The predicted molar refractivity (Wildman–Crippen MR) is 93.6 cm³/mol. The van der Waals surface area contributed by atoms with Crippen LogP contribution in [0.2, 0.25) is 0 Å². The van der Waals surface area contributed by atoms with Gasteiger partial charge < -0.3 is 20.5 Å². The van der Waals surface area contributed by atoms with Gasteiger partial charge in [0.05, 0.1) is 13.3 Å². The van der Waals surface area contributed by atoms with Gasteiger partial charge in [-0.2, -0.15) is 5.10 Å². The van der Waals surface area contributed by atoms with Gasteiger partial charge in [-0.05, 0) is 37.0 Å². The average molecular weight is 344 g/mol. The summed E-state index contributed by atoms with van der Waals surface area (Å²) in [6, 6.07) is 5.17. The molecule has 134 valence electrons. The van der Waals surface area contributed by atoms with Crippen molar-refractivity contribution >= 4 is 5.91 Å². The molecule has 3 rings (SSSR count). The zero-order valence-corrected chi connectivity index (χ0v) is 14.6. The molecule has 0 radical (unpaired) electrons. The number of carbonyl (C=O) groups is 1. The van der Waals surface area contributed by atoms with Crippen molar-refractivity contribution in [3.63, 3.8) is 0 Å². The molecule has 3 N–H and O–H groups in total. The molecule has 1 amide bonds. The fraction of sp³-hybridized carbons (Fsp3) is 0.444. The molecule has 1 atom stereocenters. The van der Waals surface area contributed by atoms with E-state index in [0.29, 0.717) is 36.1 Å². The van der Waals surface area contributed by atoms with Gasteiger partial charge in [0.2, 0.25) is 0 Å². The van der Waals surface area contributed by atoms with Crippen molar-refractivity contribution in [1.29, 1.82) is 0 Å². The number of rotatable bonds is 8. The first-order valence-corrected chi connectivity index (χ1v) is 8.39. The molecule has 1 aliphatic carbocycles. The van der Waals surface area contributed by atoms with Crippen LogP contribution in [0.5, 0.6) is 11.5 Å². The molecule has 1 aliphatic rings. The van der Waals surface area contributed by atoms with E-state index in [1.165, 1.54) is 0 Å². The largest absolute Gasteiger partial charge is 0.493 e. The number of nitrogens with two attached hydrogens (primary N) is 1. The fourth-order valence-electron chi connectivity index (χ4n) is 2.64. The molecule has 1 fully saturated rings. The summed E-state index contributed by atoms with van der Waals surface area (Å²) >= 11 is 0. The molecule has 0 bridgehead atoms. The summed E-state index contributed by atoms with van der Waals surface area (Å²) in [7, 11) is 3.41. The van der Waals surface area contributed by atoms with Gasteiger partial charge >= 0.3 is 0 Å². The summed E-state index contributed by atoms with van der Waals surface area (Å²) < 4.78 is 12.8. The van der Waals surface area contributed by atoms with E-state index in [2.05, 4.69) is 10.4 Å². The van der Waals surface area contributed by atoms with Crippen LogP contribution in [0, 0.1) is 5.92 Å². The van der Waals surface area contributed by atoms with Gasteiger partial charge in [-0.25, -0.2) is 0 Å². The van der Waals surface area contributed by atoms with Crippen LogP contribution in [0.1, 0.15) is 28.8 Å². The first-order valence-electron chi connectivity index (χ1n) is 8.39. The molecular weight excluding hydrogens is 320 g/mol. The van der Waals surface area contributed by atoms with Crippen molar-refractivity contribution in [2.75, 3.05) is 13.7 Å². The first-order chi connectivity index (χ1) is 12.1. The molecule has 1 aromatic heterocycles. The lowest BCUT2D eigenvalue weighted by molar-refractivity contribution is 0.0950. The molecular formula is C18H24N4O3. The van der Waals surface area contributed by atoms with E-state index >= 15 is 0 Å². The zero-order valence-electron chi connectivity index (χ0n) is 14.6. The van der Waals surface area contributed by atoms with Crippen LogP contribution >= 0.6 is 0 Å². The maximum Gasteiger partial charge on any atom is 0.251 e. The number of methoxy groups -OCH3 is 1. The van der Waals surface area contributed by atoms with Crippen LogP contribution < -0.4 is 20.5 Å². The molecule has 1 unspecified atom stereocenters. The molecule has 1 heterocycles. The summed E-state index contributed by atoms with van der Waals surface area (Å²) in [5, 5.41) is 6.98. The van der Waals surface area contributed by atoms with E-state index in [9.17, 15) is 4.79 Å². The predicted octanol–water partition coefficient (Wildman–Crippen LogP) is 1.47. The summed E-state index contributed by atoms with van der Waals surface area (Å²) in [6.07, 6.45) is 5.95. The highest BCUT2D eigenvalue weighted by Crippen LogP contribution is 2.31. The Labute approximate surface area is 147 Å². The topological polar surface area (TPSA) is 91.4 Å². The molecule has 7 heteroatoms. The Morgan fingerprint density at radius 2 is 2.24 bits per heavy atom. The van der Waals surface area contributed by atoms with Crippen LogP contribution in [-0.4, -0.2) is 35.4 Å². The summed E-state index contributed by atoms with van der Waals surface area (Å²) in [5.74, 6) is 1.49. The van der Waals surface area contributed by atoms with Crippen LogP contribution in [0.4, 0.5) is 0 Å². The van der Waals surface area contributed by atoms with E-state index < -0.39 is 0 Å². The molecule has 7 nitrogen and oxygen atoms in total. The van der Waals surface area contributed by atoms with Gasteiger partial charge in [0.25, 0.3) is 5.91 Å². The highest BCUT2D eigenvalue weighted by molar-refractivity contribution is 5.94. The van der Waals surface area contributed by atoms with Crippen molar-refractivity contribution in [2.45, 2.75) is 25.5 Å². The lowest BCUT2D eigenvalue weighted by atomic mass is 10.1. The summed E-state index contributed by atoms with van der Waals surface area (Å²) in [4.78, 5) is 12.3. The maximum atomic E-state index is 12.3. The minimum Gasteiger partial charge on any atom is -0.493 e. The molecule has 2 aromatic rings. The smallest absolute Gasteiger partial charge is 0.251 e. The Kier molecular flexibility index (Phi) is 5.23. The highest BCUT2D eigenvalue weighted by Gasteiger charge is 2.28. The average Bonchev–Trinajstić information content (AvgIpc) is 3.39. The van der Waals surface area contributed by atoms with Gasteiger partial charge in [-0.15, -0.1) is 0 Å². The van der Waals surface area contributed by atoms with Crippen molar-refractivity contribution in [1.82, 2.24) is 15.1 Å². The molecule has 0 aliphatic heterocycles. The van der Waals surface area contributed by atoms with Gasteiger partial charge in [0.1, 0.15) is 6.61 Å². The van der Waals surface area contributed by atoms with Gasteiger partial charge in [-0.3, -0.25) is 9.48 Å². The fourth-order valence-corrected chi connectivity index (χ4v) is 2.64. The van der Waals surface area contributed by atoms with Crippen molar-refractivity contribution in [2.24, 2.45) is 18.7 Å². The number of carbonyl (C=O) groups excluding carboxylic acids is 1. The Morgan fingerprint density at radius 3 is 2.88 bits per heavy atom. The summed E-state index contributed by atoms with van der Waals surface area (Å²) in [5.41, 5.74) is 7.50. The Bertz CT molecular complexity index is 740. The maximum absolute atomic E-state index is 12.3. The van der Waals surface area contributed by atoms with Crippen molar-refractivity contribution in [3.8, 4) is 11.5 Å². The lowest BCUT2D eigenvalue weighted by Crippen LogP contribution is -2.38. The van der Waals surface area contributed by atoms with Crippen molar-refractivity contribution in [3.05, 3.63) is 41.7 Å². The third-order valence-electron chi connectivity index (χ3n) is 4.30. The minimum absolute atomic E-state index is 0.0351. The zero-order chi connectivity index (χ0) is 17.8. The van der Waals surface area contributed by atoms with E-state index in [1.807, 2.05) is 13.2 Å². The molecule has 1 saturated carbocycles. The van der Waals surface area contributed by atoms with Crippen LogP contribution in [0.3, 0.4) is 0 Å². The SMILES string of the molecule is COc1cc(C(=O)NCC(N)C2CC2)ccc1OCc1cnn(C)c1. The van der Waals surface area contributed by atoms with Gasteiger partial charge in [-0.1, -0.05) is 0 Å². The number of hydrogen-bond acceptors (Lipinski definition) is 5. The number of hydrogen-bond donors (Lipinski definition) is 2. The van der Waals surface area contributed by atoms with Crippen molar-refractivity contribution < 1.29 is 14.3 Å². The second-order valence-electron chi connectivity index (χ2n) is 6.39. The van der Waals surface area contributed by atoms with Crippen LogP contribution in [0.25, 0.3) is 0 Å². The normalized spacial score (nSPS) is 14.8. The number of aryl methyl sites for hydroxylation is 1. The summed E-state index contributed by atoms with van der Waals surface area (Å²) in [6.45, 7) is 0.872. The number of benzene rings is 1. The first kappa shape index (κ1) is 17.3. The minimum atomic E-state index is -0.159.